The Hall–Kier alpha value is -2.04. The lowest BCUT2D eigenvalue weighted by atomic mass is 10.1. The van der Waals surface area contributed by atoms with Gasteiger partial charge in [-0.05, 0) is 35.0 Å². The van der Waals surface area contributed by atoms with Crippen LogP contribution in [0.2, 0.25) is 5.15 Å². The summed E-state index contributed by atoms with van der Waals surface area (Å²) in [6.07, 6.45) is 0. The SMILES string of the molecule is O=C(O)c1ccc(Cl)nc1Sc1ccc2ccccc2c1. The normalized spacial score (nSPS) is 10.7. The Morgan fingerprint density at radius 3 is 2.57 bits per heavy atom. The number of rotatable bonds is 3. The maximum absolute atomic E-state index is 11.2. The molecule has 3 rings (SSSR count). The average molecular weight is 316 g/mol. The number of carboxylic acid groups (broad SMARTS) is 1. The molecule has 0 saturated carbocycles. The quantitative estimate of drug-likeness (QED) is 0.709. The first-order valence-electron chi connectivity index (χ1n) is 6.20. The molecule has 1 aromatic heterocycles. The Morgan fingerprint density at radius 2 is 1.81 bits per heavy atom. The minimum atomic E-state index is -1.01. The first kappa shape index (κ1) is 13.9. The van der Waals surface area contributed by atoms with Crippen molar-refractivity contribution < 1.29 is 9.90 Å². The number of benzene rings is 2. The van der Waals surface area contributed by atoms with E-state index in [0.717, 1.165) is 15.7 Å². The van der Waals surface area contributed by atoms with E-state index in [1.807, 2.05) is 42.5 Å². The number of hydrogen-bond acceptors (Lipinski definition) is 3. The van der Waals surface area contributed by atoms with Crippen molar-refractivity contribution >= 4 is 40.1 Å². The molecule has 0 bridgehead atoms. The van der Waals surface area contributed by atoms with Gasteiger partial charge in [0, 0.05) is 4.90 Å². The first-order chi connectivity index (χ1) is 10.1. The van der Waals surface area contributed by atoms with Crippen LogP contribution in [0.5, 0.6) is 0 Å². The fourth-order valence-electron chi connectivity index (χ4n) is 2.00. The van der Waals surface area contributed by atoms with Crippen LogP contribution in [0.15, 0.2) is 64.5 Å². The summed E-state index contributed by atoms with van der Waals surface area (Å²) in [4.78, 5) is 16.3. The molecule has 0 radical (unpaired) electrons. The number of hydrogen-bond donors (Lipinski definition) is 1. The molecule has 104 valence electrons. The molecule has 0 aliphatic heterocycles. The monoisotopic (exact) mass is 315 g/mol. The number of carboxylic acids is 1. The van der Waals surface area contributed by atoms with E-state index in [0.29, 0.717) is 5.03 Å². The van der Waals surface area contributed by atoms with E-state index in [-0.39, 0.29) is 10.7 Å². The summed E-state index contributed by atoms with van der Waals surface area (Å²) < 4.78 is 0. The molecule has 0 saturated heterocycles. The molecule has 1 N–H and O–H groups in total. The molecule has 0 amide bonds. The summed E-state index contributed by atoms with van der Waals surface area (Å²) in [7, 11) is 0. The van der Waals surface area contributed by atoms with E-state index in [1.165, 1.54) is 23.9 Å². The topological polar surface area (TPSA) is 50.2 Å². The molecule has 2 aromatic carbocycles. The maximum atomic E-state index is 11.2. The molecule has 3 nitrogen and oxygen atoms in total. The summed E-state index contributed by atoms with van der Waals surface area (Å²) in [6.45, 7) is 0. The summed E-state index contributed by atoms with van der Waals surface area (Å²) >= 11 is 7.16. The van der Waals surface area contributed by atoms with Crippen LogP contribution in [0.1, 0.15) is 10.4 Å². The summed E-state index contributed by atoms with van der Waals surface area (Å²) in [5.74, 6) is -1.01. The van der Waals surface area contributed by atoms with Crippen LogP contribution in [0.3, 0.4) is 0 Å². The van der Waals surface area contributed by atoms with Crippen LogP contribution in [0, 0.1) is 0 Å². The Bertz CT molecular complexity index is 835. The number of aromatic carboxylic acids is 1. The van der Waals surface area contributed by atoms with Crippen LogP contribution in [0.25, 0.3) is 10.8 Å². The van der Waals surface area contributed by atoms with Gasteiger partial charge in [-0.25, -0.2) is 9.78 Å². The van der Waals surface area contributed by atoms with Gasteiger partial charge in [0.1, 0.15) is 10.2 Å². The Morgan fingerprint density at radius 1 is 1.05 bits per heavy atom. The van der Waals surface area contributed by atoms with E-state index < -0.39 is 5.97 Å². The Kier molecular flexibility index (Phi) is 3.82. The predicted molar refractivity (Wildman–Crippen MR) is 84.3 cm³/mol. The Labute approximate surface area is 130 Å². The lowest BCUT2D eigenvalue weighted by molar-refractivity contribution is 0.0692. The van der Waals surface area contributed by atoms with Gasteiger partial charge in [0.05, 0.1) is 5.56 Å². The van der Waals surface area contributed by atoms with Crippen molar-refractivity contribution in [3.8, 4) is 0 Å². The van der Waals surface area contributed by atoms with Crippen LogP contribution >= 0.6 is 23.4 Å². The van der Waals surface area contributed by atoms with Crippen LogP contribution in [-0.4, -0.2) is 16.1 Å². The number of nitrogens with zero attached hydrogens (tertiary/aromatic N) is 1. The molecular formula is C16H10ClNO2S. The van der Waals surface area contributed by atoms with E-state index in [2.05, 4.69) is 4.98 Å². The second kappa shape index (κ2) is 5.76. The highest BCUT2D eigenvalue weighted by Gasteiger charge is 2.13. The van der Waals surface area contributed by atoms with Crippen molar-refractivity contribution in [1.82, 2.24) is 4.98 Å². The Balaban J connectivity index is 2.02. The van der Waals surface area contributed by atoms with Crippen molar-refractivity contribution in [2.75, 3.05) is 0 Å². The zero-order chi connectivity index (χ0) is 14.8. The van der Waals surface area contributed by atoms with Crippen LogP contribution in [-0.2, 0) is 0 Å². The molecule has 0 aliphatic carbocycles. The molecule has 0 fully saturated rings. The number of fused-ring (bicyclic) bond motifs is 1. The molecule has 0 spiro atoms. The summed E-state index contributed by atoms with van der Waals surface area (Å²) in [5.41, 5.74) is 0.151. The van der Waals surface area contributed by atoms with Gasteiger partial charge >= 0.3 is 5.97 Å². The largest absolute Gasteiger partial charge is 0.478 e. The van der Waals surface area contributed by atoms with Crippen LogP contribution in [0.4, 0.5) is 0 Å². The number of halogens is 1. The van der Waals surface area contributed by atoms with Gasteiger partial charge in [-0.2, -0.15) is 0 Å². The van der Waals surface area contributed by atoms with E-state index in [9.17, 15) is 9.90 Å². The maximum Gasteiger partial charge on any atom is 0.338 e. The van der Waals surface area contributed by atoms with Gasteiger partial charge in [0.15, 0.2) is 0 Å². The van der Waals surface area contributed by atoms with Gasteiger partial charge in [0.2, 0.25) is 0 Å². The van der Waals surface area contributed by atoms with Crippen molar-refractivity contribution in [3.05, 3.63) is 65.3 Å². The third kappa shape index (κ3) is 3.01. The number of aromatic nitrogens is 1. The molecule has 21 heavy (non-hydrogen) atoms. The second-order valence-corrected chi connectivity index (χ2v) is 5.85. The minimum absolute atomic E-state index is 0.151. The van der Waals surface area contributed by atoms with Gasteiger partial charge in [0.25, 0.3) is 0 Å². The fraction of sp³-hybridized carbons (Fsp3) is 0. The standard InChI is InChI=1S/C16H10ClNO2S/c17-14-8-7-13(16(19)20)15(18-14)21-12-6-5-10-3-1-2-4-11(10)9-12/h1-9H,(H,19,20). The zero-order valence-corrected chi connectivity index (χ0v) is 12.4. The molecule has 1 heterocycles. The highest BCUT2D eigenvalue weighted by Crippen LogP contribution is 2.32. The minimum Gasteiger partial charge on any atom is -0.478 e. The lowest BCUT2D eigenvalue weighted by Crippen LogP contribution is -2.00. The van der Waals surface area contributed by atoms with Crippen LogP contribution < -0.4 is 0 Å². The van der Waals surface area contributed by atoms with Gasteiger partial charge in [-0.1, -0.05) is 53.7 Å². The number of pyridine rings is 1. The lowest BCUT2D eigenvalue weighted by Gasteiger charge is -2.06. The van der Waals surface area contributed by atoms with Gasteiger partial charge in [-0.15, -0.1) is 0 Å². The highest BCUT2D eigenvalue weighted by atomic mass is 35.5. The van der Waals surface area contributed by atoms with Crippen molar-refractivity contribution in [1.29, 1.82) is 0 Å². The van der Waals surface area contributed by atoms with Gasteiger partial charge < -0.3 is 5.11 Å². The predicted octanol–water partition coefficient (Wildman–Crippen LogP) is 4.74. The van der Waals surface area contributed by atoms with E-state index in [4.69, 9.17) is 11.6 Å². The average Bonchev–Trinajstić information content (AvgIpc) is 2.47. The second-order valence-electron chi connectivity index (χ2n) is 4.40. The summed E-state index contributed by atoms with van der Waals surface area (Å²) in [5, 5.41) is 12.1. The molecular weight excluding hydrogens is 306 g/mol. The van der Waals surface area contributed by atoms with Crippen molar-refractivity contribution in [3.63, 3.8) is 0 Å². The fourth-order valence-corrected chi connectivity index (χ4v) is 3.15. The molecule has 0 unspecified atom stereocenters. The summed E-state index contributed by atoms with van der Waals surface area (Å²) in [6, 6.07) is 16.9. The third-order valence-electron chi connectivity index (χ3n) is 2.99. The molecule has 0 atom stereocenters. The van der Waals surface area contributed by atoms with Gasteiger partial charge in [-0.3, -0.25) is 0 Å². The van der Waals surface area contributed by atoms with E-state index in [1.54, 1.807) is 0 Å². The third-order valence-corrected chi connectivity index (χ3v) is 4.20. The number of carbonyl (C=O) groups is 1. The van der Waals surface area contributed by atoms with Crippen molar-refractivity contribution in [2.45, 2.75) is 9.92 Å². The molecule has 5 heteroatoms. The van der Waals surface area contributed by atoms with E-state index >= 15 is 0 Å². The first-order valence-corrected chi connectivity index (χ1v) is 7.39. The molecule has 0 aliphatic rings. The smallest absolute Gasteiger partial charge is 0.338 e. The van der Waals surface area contributed by atoms with Crippen molar-refractivity contribution in [2.24, 2.45) is 0 Å². The highest BCUT2D eigenvalue weighted by molar-refractivity contribution is 7.99. The zero-order valence-electron chi connectivity index (χ0n) is 10.8. The molecule has 3 aromatic rings.